The van der Waals surface area contributed by atoms with Crippen LogP contribution in [0.4, 0.5) is 13.2 Å². The van der Waals surface area contributed by atoms with Crippen LogP contribution in [-0.2, 0) is 14.3 Å². The maximum absolute atomic E-state index is 12.3. The first kappa shape index (κ1) is 18.4. The zero-order valence-electron chi connectivity index (χ0n) is 12.8. The number of ether oxygens (including phenoxy) is 2. The highest BCUT2D eigenvalue weighted by Crippen LogP contribution is 2.40. The third-order valence-corrected chi connectivity index (χ3v) is 4.46. The van der Waals surface area contributed by atoms with E-state index >= 15 is 0 Å². The summed E-state index contributed by atoms with van der Waals surface area (Å²) in [5.74, 6) is -0.727. The van der Waals surface area contributed by atoms with Crippen LogP contribution in [0.2, 0.25) is 0 Å². The van der Waals surface area contributed by atoms with Crippen molar-refractivity contribution in [3.05, 3.63) is 29.8 Å². The summed E-state index contributed by atoms with van der Waals surface area (Å²) < 4.78 is 45.7. The molecule has 0 aromatic heterocycles. The highest BCUT2D eigenvalue weighted by atomic mass is 32.2. The van der Waals surface area contributed by atoms with E-state index in [-0.39, 0.29) is 37.0 Å². The minimum absolute atomic E-state index is 0.0371. The molecule has 9 heteroatoms. The summed E-state index contributed by atoms with van der Waals surface area (Å²) >= 11 is 1.29. The van der Waals surface area contributed by atoms with Gasteiger partial charge >= 0.3 is 12.3 Å². The number of carbonyl (C=O) groups is 2. The lowest BCUT2D eigenvalue weighted by Gasteiger charge is -2.24. The van der Waals surface area contributed by atoms with Gasteiger partial charge in [0.05, 0.1) is 18.8 Å². The Morgan fingerprint density at radius 2 is 2.17 bits per heavy atom. The standard InChI is InChI=1S/C15H16F3NO4S/c1-2-22-13(21)6-7-19-12(20)9-24-14(19)10-4-3-5-11(8-10)23-15(16,17)18/h3-5,8,14H,2,6-7,9H2,1H3. The van der Waals surface area contributed by atoms with Gasteiger partial charge in [0.25, 0.3) is 0 Å². The quantitative estimate of drug-likeness (QED) is 0.727. The molecule has 0 radical (unpaired) electrons. The summed E-state index contributed by atoms with van der Waals surface area (Å²) in [4.78, 5) is 24.9. The van der Waals surface area contributed by atoms with Gasteiger partial charge < -0.3 is 14.4 Å². The molecule has 1 saturated heterocycles. The van der Waals surface area contributed by atoms with Gasteiger partial charge in [0, 0.05) is 6.54 Å². The summed E-state index contributed by atoms with van der Waals surface area (Å²) in [6.07, 6.45) is -4.74. The Labute approximate surface area is 141 Å². The summed E-state index contributed by atoms with van der Waals surface area (Å²) in [6, 6.07) is 5.50. The number of thioether (sulfide) groups is 1. The number of amides is 1. The van der Waals surface area contributed by atoms with Gasteiger partial charge in [-0.05, 0) is 24.6 Å². The van der Waals surface area contributed by atoms with Gasteiger partial charge in [-0.1, -0.05) is 12.1 Å². The number of hydrogen-bond donors (Lipinski definition) is 0. The second kappa shape index (κ2) is 7.78. The first-order valence-electron chi connectivity index (χ1n) is 7.22. The van der Waals surface area contributed by atoms with E-state index in [4.69, 9.17) is 4.74 Å². The summed E-state index contributed by atoms with van der Waals surface area (Å²) in [7, 11) is 0. The summed E-state index contributed by atoms with van der Waals surface area (Å²) in [5, 5.41) is -0.455. The molecule has 0 bridgehead atoms. The maximum Gasteiger partial charge on any atom is 0.573 e. The Kier molecular flexibility index (Phi) is 5.98. The number of hydrogen-bond acceptors (Lipinski definition) is 5. The SMILES string of the molecule is CCOC(=O)CCN1C(=O)CSC1c1cccc(OC(F)(F)F)c1. The molecule has 0 spiro atoms. The first-order valence-corrected chi connectivity index (χ1v) is 8.27. The Morgan fingerprint density at radius 3 is 2.83 bits per heavy atom. The lowest BCUT2D eigenvalue weighted by Crippen LogP contribution is -2.30. The molecule has 1 amide bonds. The second-order valence-electron chi connectivity index (χ2n) is 4.93. The summed E-state index contributed by atoms with van der Waals surface area (Å²) in [6.45, 7) is 2.09. The fourth-order valence-corrected chi connectivity index (χ4v) is 3.49. The Bertz CT molecular complexity index is 609. The van der Waals surface area contributed by atoms with Gasteiger partial charge in [-0.3, -0.25) is 9.59 Å². The highest BCUT2D eigenvalue weighted by Gasteiger charge is 2.34. The number of nitrogens with zero attached hydrogens (tertiary/aromatic N) is 1. The van der Waals surface area contributed by atoms with Crippen molar-refractivity contribution in [2.24, 2.45) is 0 Å². The van der Waals surface area contributed by atoms with Gasteiger partial charge in [0.2, 0.25) is 5.91 Å². The molecule has 1 fully saturated rings. The maximum atomic E-state index is 12.3. The van der Waals surface area contributed by atoms with Gasteiger partial charge in [-0.15, -0.1) is 24.9 Å². The number of benzene rings is 1. The van der Waals surface area contributed by atoms with Crippen LogP contribution in [0, 0.1) is 0 Å². The first-order chi connectivity index (χ1) is 11.3. The molecule has 1 aromatic carbocycles. The molecule has 24 heavy (non-hydrogen) atoms. The Morgan fingerprint density at radius 1 is 1.42 bits per heavy atom. The van der Waals surface area contributed by atoms with Gasteiger partial charge in [-0.25, -0.2) is 0 Å². The largest absolute Gasteiger partial charge is 0.573 e. The van der Waals surface area contributed by atoms with Crippen LogP contribution < -0.4 is 4.74 Å². The van der Waals surface area contributed by atoms with Crippen molar-refractivity contribution in [2.75, 3.05) is 18.9 Å². The molecule has 0 saturated carbocycles. The molecular formula is C15H16F3NO4S. The zero-order chi connectivity index (χ0) is 17.7. The normalized spacial score (nSPS) is 17.9. The number of esters is 1. The monoisotopic (exact) mass is 363 g/mol. The predicted octanol–water partition coefficient (Wildman–Crippen LogP) is 3.11. The molecule has 5 nitrogen and oxygen atoms in total. The fraction of sp³-hybridized carbons (Fsp3) is 0.467. The molecule has 0 aliphatic carbocycles. The van der Waals surface area contributed by atoms with Crippen molar-refractivity contribution in [1.29, 1.82) is 0 Å². The van der Waals surface area contributed by atoms with E-state index in [1.54, 1.807) is 13.0 Å². The molecule has 1 unspecified atom stereocenters. The number of alkyl halides is 3. The van der Waals surface area contributed by atoms with E-state index in [1.807, 2.05) is 0 Å². The van der Waals surface area contributed by atoms with E-state index < -0.39 is 17.7 Å². The lowest BCUT2D eigenvalue weighted by atomic mass is 10.2. The molecule has 0 N–H and O–H groups in total. The van der Waals surface area contributed by atoms with Crippen molar-refractivity contribution < 1.29 is 32.2 Å². The van der Waals surface area contributed by atoms with Crippen LogP contribution in [0.1, 0.15) is 24.3 Å². The third-order valence-electron chi connectivity index (χ3n) is 3.21. The van der Waals surface area contributed by atoms with Gasteiger partial charge in [-0.2, -0.15) is 0 Å². The topological polar surface area (TPSA) is 55.8 Å². The molecular weight excluding hydrogens is 347 g/mol. The van der Waals surface area contributed by atoms with Crippen molar-refractivity contribution in [3.8, 4) is 5.75 Å². The molecule has 1 aromatic rings. The van der Waals surface area contributed by atoms with Crippen molar-refractivity contribution in [3.63, 3.8) is 0 Å². The van der Waals surface area contributed by atoms with Crippen LogP contribution in [-0.4, -0.2) is 42.0 Å². The number of carbonyl (C=O) groups excluding carboxylic acids is 2. The van der Waals surface area contributed by atoms with E-state index in [1.165, 1.54) is 34.9 Å². The second-order valence-corrected chi connectivity index (χ2v) is 5.99. The molecule has 1 aliphatic heterocycles. The molecule has 1 aliphatic rings. The van der Waals surface area contributed by atoms with Crippen LogP contribution >= 0.6 is 11.8 Å². The molecule has 132 valence electrons. The highest BCUT2D eigenvalue weighted by molar-refractivity contribution is 8.00. The third kappa shape index (κ3) is 5.05. The Hall–Kier alpha value is -1.90. The molecule has 1 atom stereocenters. The van der Waals surface area contributed by atoms with Crippen molar-refractivity contribution >= 4 is 23.6 Å². The fourth-order valence-electron chi connectivity index (χ4n) is 2.28. The van der Waals surface area contributed by atoms with Crippen molar-refractivity contribution in [1.82, 2.24) is 4.90 Å². The average molecular weight is 363 g/mol. The lowest BCUT2D eigenvalue weighted by molar-refractivity contribution is -0.274. The number of rotatable bonds is 6. The number of halogens is 3. The van der Waals surface area contributed by atoms with E-state index in [0.29, 0.717) is 5.56 Å². The van der Waals surface area contributed by atoms with Crippen LogP contribution in [0.15, 0.2) is 24.3 Å². The van der Waals surface area contributed by atoms with Crippen molar-refractivity contribution in [2.45, 2.75) is 25.1 Å². The van der Waals surface area contributed by atoms with Crippen LogP contribution in [0.25, 0.3) is 0 Å². The van der Waals surface area contributed by atoms with Crippen LogP contribution in [0.5, 0.6) is 5.75 Å². The minimum Gasteiger partial charge on any atom is -0.466 e. The van der Waals surface area contributed by atoms with E-state index in [9.17, 15) is 22.8 Å². The molecule has 1 heterocycles. The van der Waals surface area contributed by atoms with E-state index in [2.05, 4.69) is 4.74 Å². The van der Waals surface area contributed by atoms with Gasteiger partial charge in [0.15, 0.2) is 0 Å². The average Bonchev–Trinajstić information content (AvgIpc) is 2.85. The van der Waals surface area contributed by atoms with Crippen LogP contribution in [0.3, 0.4) is 0 Å². The van der Waals surface area contributed by atoms with Gasteiger partial charge in [0.1, 0.15) is 11.1 Å². The minimum atomic E-state index is -4.78. The van der Waals surface area contributed by atoms with E-state index in [0.717, 1.165) is 0 Å². The zero-order valence-corrected chi connectivity index (χ0v) is 13.7. The predicted molar refractivity (Wildman–Crippen MR) is 81.3 cm³/mol. The molecule has 2 rings (SSSR count). The summed E-state index contributed by atoms with van der Waals surface area (Å²) in [5.41, 5.74) is 0.511. The Balaban J connectivity index is 2.10. The smallest absolute Gasteiger partial charge is 0.466 e.